The number of phenolic OH excluding ortho intramolecular Hbond substituents is 1. The standard InChI is InChI=1S/C26H26O6/c1-14(2)20(27)12-18-24-17(10-11-26(3,4)32-24)22(28)21-23(29)19(13-31-25(18)21)15-6-8-16(30-5)9-7-15/h6-11,13,20,27-28H,1,12H2,2-5H3. The molecule has 1 aliphatic heterocycles. The Morgan fingerprint density at radius 1 is 1.25 bits per heavy atom. The van der Waals surface area contributed by atoms with Crippen molar-refractivity contribution in [2.24, 2.45) is 0 Å². The van der Waals surface area contributed by atoms with E-state index in [0.717, 1.165) is 0 Å². The van der Waals surface area contributed by atoms with E-state index < -0.39 is 11.7 Å². The second-order valence-electron chi connectivity index (χ2n) is 8.59. The SMILES string of the molecule is C=C(C)C(O)Cc1c2c(c(O)c3c(=O)c(-c4ccc(OC)cc4)coc13)C=CC(C)(C)O2. The molecule has 4 rings (SSSR count). The molecule has 0 saturated heterocycles. The number of phenols is 1. The Bertz CT molecular complexity index is 1290. The summed E-state index contributed by atoms with van der Waals surface area (Å²) in [5.74, 6) is 0.847. The highest BCUT2D eigenvalue weighted by atomic mass is 16.5. The summed E-state index contributed by atoms with van der Waals surface area (Å²) in [6.45, 7) is 9.31. The van der Waals surface area contributed by atoms with Gasteiger partial charge in [-0.1, -0.05) is 24.3 Å². The summed E-state index contributed by atoms with van der Waals surface area (Å²) < 4.78 is 17.2. The van der Waals surface area contributed by atoms with Crippen LogP contribution in [0.2, 0.25) is 0 Å². The molecule has 2 heterocycles. The molecule has 166 valence electrons. The lowest BCUT2D eigenvalue weighted by molar-refractivity contribution is 0.153. The summed E-state index contributed by atoms with van der Waals surface area (Å²) >= 11 is 0. The molecule has 0 spiro atoms. The molecule has 0 bridgehead atoms. The third-order valence-electron chi connectivity index (χ3n) is 5.66. The third-order valence-corrected chi connectivity index (χ3v) is 5.66. The highest BCUT2D eigenvalue weighted by Gasteiger charge is 2.31. The first-order chi connectivity index (χ1) is 15.1. The van der Waals surface area contributed by atoms with Gasteiger partial charge in [0, 0.05) is 12.0 Å². The molecular weight excluding hydrogens is 408 g/mol. The fourth-order valence-corrected chi connectivity index (χ4v) is 3.79. The van der Waals surface area contributed by atoms with Crippen molar-refractivity contribution >= 4 is 17.0 Å². The molecule has 6 heteroatoms. The third kappa shape index (κ3) is 3.67. The van der Waals surface area contributed by atoms with Gasteiger partial charge in [0.2, 0.25) is 5.43 Å². The van der Waals surface area contributed by atoms with Gasteiger partial charge in [0.1, 0.15) is 40.1 Å². The number of aromatic hydroxyl groups is 1. The van der Waals surface area contributed by atoms with Crippen LogP contribution < -0.4 is 14.9 Å². The fourth-order valence-electron chi connectivity index (χ4n) is 3.79. The van der Waals surface area contributed by atoms with Gasteiger partial charge in [-0.15, -0.1) is 0 Å². The van der Waals surface area contributed by atoms with Gasteiger partial charge in [-0.25, -0.2) is 0 Å². The van der Waals surface area contributed by atoms with Crippen molar-refractivity contribution in [1.82, 2.24) is 0 Å². The molecule has 0 radical (unpaired) electrons. The molecule has 0 fully saturated rings. The lowest BCUT2D eigenvalue weighted by Crippen LogP contribution is -2.29. The Labute approximate surface area is 186 Å². The lowest BCUT2D eigenvalue weighted by atomic mass is 9.92. The Morgan fingerprint density at radius 2 is 1.94 bits per heavy atom. The van der Waals surface area contributed by atoms with Crippen LogP contribution in [0.15, 0.2) is 58.0 Å². The van der Waals surface area contributed by atoms with Crippen molar-refractivity contribution < 1.29 is 24.1 Å². The zero-order chi connectivity index (χ0) is 23.2. The van der Waals surface area contributed by atoms with Crippen molar-refractivity contribution in [1.29, 1.82) is 0 Å². The highest BCUT2D eigenvalue weighted by molar-refractivity contribution is 5.95. The molecular formula is C26H26O6. The molecule has 1 atom stereocenters. The zero-order valence-corrected chi connectivity index (χ0v) is 18.6. The monoisotopic (exact) mass is 434 g/mol. The topological polar surface area (TPSA) is 89.1 Å². The van der Waals surface area contributed by atoms with Crippen molar-refractivity contribution in [2.45, 2.75) is 38.9 Å². The lowest BCUT2D eigenvalue weighted by Gasteiger charge is -2.30. The smallest absolute Gasteiger partial charge is 0.204 e. The summed E-state index contributed by atoms with van der Waals surface area (Å²) in [6.07, 6.45) is 4.19. The average molecular weight is 434 g/mol. The van der Waals surface area contributed by atoms with Crippen LogP contribution in [0.5, 0.6) is 17.2 Å². The summed E-state index contributed by atoms with van der Waals surface area (Å²) in [5.41, 5.74) is 1.61. The van der Waals surface area contributed by atoms with Gasteiger partial charge >= 0.3 is 0 Å². The molecule has 0 amide bonds. The van der Waals surface area contributed by atoms with E-state index in [0.29, 0.717) is 39.3 Å². The maximum Gasteiger partial charge on any atom is 0.204 e. The van der Waals surface area contributed by atoms with Crippen molar-refractivity contribution in [2.75, 3.05) is 7.11 Å². The maximum atomic E-state index is 13.5. The second-order valence-corrected chi connectivity index (χ2v) is 8.59. The molecule has 3 aromatic rings. The van der Waals surface area contributed by atoms with E-state index >= 15 is 0 Å². The van der Waals surface area contributed by atoms with Crippen molar-refractivity contribution in [3.8, 4) is 28.4 Å². The summed E-state index contributed by atoms with van der Waals surface area (Å²) in [4.78, 5) is 13.5. The number of benzene rings is 2. The van der Waals surface area contributed by atoms with Gasteiger partial charge in [-0.05, 0) is 50.6 Å². The predicted octanol–water partition coefficient (Wildman–Crippen LogP) is 4.84. The highest BCUT2D eigenvalue weighted by Crippen LogP contribution is 2.45. The van der Waals surface area contributed by atoms with E-state index in [1.54, 1.807) is 44.4 Å². The largest absolute Gasteiger partial charge is 0.506 e. The van der Waals surface area contributed by atoms with E-state index in [1.165, 1.54) is 6.26 Å². The van der Waals surface area contributed by atoms with Gasteiger partial charge in [0.15, 0.2) is 0 Å². The predicted molar refractivity (Wildman–Crippen MR) is 124 cm³/mol. The maximum absolute atomic E-state index is 13.5. The summed E-state index contributed by atoms with van der Waals surface area (Å²) in [7, 11) is 1.57. The first-order valence-corrected chi connectivity index (χ1v) is 10.3. The molecule has 2 N–H and O–H groups in total. The molecule has 0 aliphatic carbocycles. The Morgan fingerprint density at radius 3 is 2.56 bits per heavy atom. The quantitative estimate of drug-likeness (QED) is 0.559. The van der Waals surface area contributed by atoms with Gasteiger partial charge < -0.3 is 24.1 Å². The summed E-state index contributed by atoms with van der Waals surface area (Å²) in [6, 6.07) is 7.01. The minimum atomic E-state index is -0.865. The molecule has 6 nitrogen and oxygen atoms in total. The minimum absolute atomic E-state index is 0.0499. The first kappa shape index (κ1) is 21.7. The van der Waals surface area contributed by atoms with Crippen molar-refractivity contribution in [3.05, 3.63) is 70.1 Å². The molecule has 32 heavy (non-hydrogen) atoms. The van der Waals surface area contributed by atoms with E-state index in [-0.39, 0.29) is 28.6 Å². The number of rotatable bonds is 5. The molecule has 0 saturated carbocycles. The number of ether oxygens (including phenoxy) is 2. The van der Waals surface area contributed by atoms with E-state index in [9.17, 15) is 15.0 Å². The molecule has 1 aromatic heterocycles. The molecule has 1 unspecified atom stereocenters. The Hall–Kier alpha value is -3.51. The van der Waals surface area contributed by atoms with E-state index in [2.05, 4.69) is 6.58 Å². The van der Waals surface area contributed by atoms with Crippen LogP contribution in [0, 0.1) is 0 Å². The van der Waals surface area contributed by atoms with E-state index in [1.807, 2.05) is 19.9 Å². The van der Waals surface area contributed by atoms with Crippen LogP contribution >= 0.6 is 0 Å². The first-order valence-electron chi connectivity index (χ1n) is 10.3. The van der Waals surface area contributed by atoms with Crippen LogP contribution in [-0.4, -0.2) is 29.0 Å². The van der Waals surface area contributed by atoms with Gasteiger partial charge in [-0.3, -0.25) is 4.79 Å². The second kappa shape index (κ2) is 7.88. The Balaban J connectivity index is 2.01. The zero-order valence-electron chi connectivity index (χ0n) is 18.6. The number of hydrogen-bond acceptors (Lipinski definition) is 6. The molecule has 1 aliphatic rings. The van der Waals surface area contributed by atoms with Crippen LogP contribution in [0.25, 0.3) is 28.2 Å². The number of fused-ring (bicyclic) bond motifs is 2. The fraction of sp³-hybridized carbons (Fsp3) is 0.269. The normalized spacial score (nSPS) is 15.2. The average Bonchev–Trinajstić information content (AvgIpc) is 2.75. The van der Waals surface area contributed by atoms with Gasteiger partial charge in [-0.2, -0.15) is 0 Å². The van der Waals surface area contributed by atoms with Crippen LogP contribution in [0.4, 0.5) is 0 Å². The Kier molecular flexibility index (Phi) is 5.34. The number of aliphatic hydroxyl groups is 1. The number of methoxy groups -OCH3 is 1. The van der Waals surface area contributed by atoms with Crippen LogP contribution in [0.1, 0.15) is 31.9 Å². The number of aliphatic hydroxyl groups excluding tert-OH is 1. The van der Waals surface area contributed by atoms with E-state index in [4.69, 9.17) is 13.9 Å². The van der Waals surface area contributed by atoms with Crippen molar-refractivity contribution in [3.63, 3.8) is 0 Å². The van der Waals surface area contributed by atoms with Crippen LogP contribution in [0.3, 0.4) is 0 Å². The minimum Gasteiger partial charge on any atom is -0.506 e. The van der Waals surface area contributed by atoms with Crippen LogP contribution in [-0.2, 0) is 6.42 Å². The van der Waals surface area contributed by atoms with Gasteiger partial charge in [0.25, 0.3) is 0 Å². The van der Waals surface area contributed by atoms with Gasteiger partial charge in [0.05, 0.1) is 24.3 Å². The molecule has 2 aromatic carbocycles. The summed E-state index contributed by atoms with van der Waals surface area (Å²) in [5, 5.41) is 21.7. The number of hydrogen-bond donors (Lipinski definition) is 2.